The van der Waals surface area contributed by atoms with Gasteiger partial charge in [-0.25, -0.2) is 0 Å². The Kier molecular flexibility index (Phi) is 8.57. The zero-order chi connectivity index (χ0) is 22.5. The molecule has 0 spiro atoms. The highest BCUT2D eigenvalue weighted by Crippen LogP contribution is 2.31. The second-order valence-corrected chi connectivity index (χ2v) is 7.87. The summed E-state index contributed by atoms with van der Waals surface area (Å²) in [5.74, 6) is 0. The van der Waals surface area contributed by atoms with Crippen LogP contribution in [0.15, 0.2) is 43.0 Å². The van der Waals surface area contributed by atoms with Crippen LogP contribution in [0.5, 0.6) is 0 Å². The number of aliphatic hydroxyl groups excluding tert-OH is 4. The van der Waals surface area contributed by atoms with E-state index < -0.39 is 61.4 Å². The van der Waals surface area contributed by atoms with Crippen LogP contribution in [0.3, 0.4) is 0 Å². The van der Waals surface area contributed by atoms with Gasteiger partial charge in [0.25, 0.3) is 0 Å². The maximum atomic E-state index is 10.9. The fourth-order valence-corrected chi connectivity index (χ4v) is 3.72. The predicted molar refractivity (Wildman–Crippen MR) is 109 cm³/mol. The fourth-order valence-electron chi connectivity index (χ4n) is 3.72. The van der Waals surface area contributed by atoms with E-state index >= 15 is 0 Å². The molecule has 0 unspecified atom stereocenters. The summed E-state index contributed by atoms with van der Waals surface area (Å²) in [4.78, 5) is 0. The van der Waals surface area contributed by atoms with Gasteiger partial charge in [0.2, 0.25) is 0 Å². The Morgan fingerprint density at radius 1 is 0.839 bits per heavy atom. The molecule has 0 aromatic heterocycles. The molecule has 1 aromatic rings. The molecule has 0 aliphatic carbocycles. The lowest BCUT2D eigenvalue weighted by atomic mass is 9.97. The number of ether oxygens (including phenoxy) is 5. The van der Waals surface area contributed by atoms with E-state index in [2.05, 4.69) is 6.58 Å². The number of hydrogen-bond acceptors (Lipinski definition) is 9. The summed E-state index contributed by atoms with van der Waals surface area (Å²) >= 11 is 0. The lowest BCUT2D eigenvalue weighted by Gasteiger charge is -2.46. The van der Waals surface area contributed by atoms with Crippen molar-refractivity contribution in [2.24, 2.45) is 0 Å². The van der Waals surface area contributed by atoms with Crippen LogP contribution in [0.1, 0.15) is 19.4 Å². The average molecular weight is 440 g/mol. The molecule has 2 aliphatic heterocycles. The number of hydrogen-bond donors (Lipinski definition) is 4. The molecular weight excluding hydrogens is 408 g/mol. The Hall–Kier alpha value is -1.40. The van der Waals surface area contributed by atoms with Crippen LogP contribution in [-0.4, -0.2) is 88.4 Å². The van der Waals surface area contributed by atoms with Crippen LogP contribution in [0.4, 0.5) is 0 Å². The summed E-state index contributed by atoms with van der Waals surface area (Å²) in [7, 11) is 0. The molecule has 0 bridgehead atoms. The molecule has 0 amide bonds. The highest BCUT2D eigenvalue weighted by molar-refractivity contribution is 5.13. The van der Waals surface area contributed by atoms with E-state index in [0.717, 1.165) is 5.56 Å². The van der Waals surface area contributed by atoms with Crippen molar-refractivity contribution in [1.82, 2.24) is 0 Å². The second kappa shape index (κ2) is 11.0. The molecule has 0 radical (unpaired) electrons. The zero-order valence-corrected chi connectivity index (χ0v) is 17.7. The Bertz CT molecular complexity index is 687. The minimum absolute atomic E-state index is 0.154. The maximum absolute atomic E-state index is 10.9. The molecule has 31 heavy (non-hydrogen) atoms. The van der Waals surface area contributed by atoms with Gasteiger partial charge in [-0.1, -0.05) is 36.4 Å². The van der Waals surface area contributed by atoms with Gasteiger partial charge in [-0.2, -0.15) is 0 Å². The molecule has 3 rings (SSSR count). The smallest absolute Gasteiger partial charge is 0.187 e. The number of aliphatic hydroxyl groups is 4. The van der Waals surface area contributed by atoms with Gasteiger partial charge >= 0.3 is 0 Å². The van der Waals surface area contributed by atoms with Crippen molar-refractivity contribution in [1.29, 1.82) is 0 Å². The maximum Gasteiger partial charge on any atom is 0.187 e. The number of benzene rings is 1. The highest BCUT2D eigenvalue weighted by atomic mass is 16.7. The molecule has 2 heterocycles. The monoisotopic (exact) mass is 440 g/mol. The average Bonchev–Trinajstić information content (AvgIpc) is 2.77. The Morgan fingerprint density at radius 2 is 1.52 bits per heavy atom. The lowest BCUT2D eigenvalue weighted by molar-refractivity contribution is -0.357. The summed E-state index contributed by atoms with van der Waals surface area (Å²) in [5, 5.41) is 41.3. The Morgan fingerprint density at radius 3 is 2.19 bits per heavy atom. The van der Waals surface area contributed by atoms with Crippen LogP contribution in [0, 0.1) is 0 Å². The summed E-state index contributed by atoms with van der Waals surface area (Å²) in [5.41, 5.74) is 0.925. The third kappa shape index (κ3) is 5.70. The first-order chi connectivity index (χ1) is 14.8. The van der Waals surface area contributed by atoms with Crippen LogP contribution in [0.25, 0.3) is 0 Å². The molecule has 9 heteroatoms. The van der Waals surface area contributed by atoms with Crippen molar-refractivity contribution in [2.45, 2.75) is 81.9 Å². The highest BCUT2D eigenvalue weighted by Gasteiger charge is 2.50. The molecule has 4 N–H and O–H groups in total. The van der Waals surface area contributed by atoms with Gasteiger partial charge in [-0.15, -0.1) is 6.58 Å². The summed E-state index contributed by atoms with van der Waals surface area (Å²) < 4.78 is 28.8. The van der Waals surface area contributed by atoms with Crippen LogP contribution in [0.2, 0.25) is 0 Å². The van der Waals surface area contributed by atoms with E-state index in [1.165, 1.54) is 6.08 Å². The Balaban J connectivity index is 1.77. The van der Waals surface area contributed by atoms with E-state index in [9.17, 15) is 20.4 Å². The van der Waals surface area contributed by atoms with Gasteiger partial charge in [0.1, 0.15) is 36.6 Å². The first kappa shape index (κ1) is 24.2. The molecule has 1 aromatic carbocycles. The van der Waals surface area contributed by atoms with Crippen molar-refractivity contribution < 1.29 is 44.1 Å². The molecule has 0 saturated carbocycles. The van der Waals surface area contributed by atoms with Crippen LogP contribution in [-0.2, 0) is 30.3 Å². The van der Waals surface area contributed by atoms with Gasteiger partial charge in [0.15, 0.2) is 12.6 Å². The molecule has 9 nitrogen and oxygen atoms in total. The molecular formula is C22H32O9. The third-order valence-electron chi connectivity index (χ3n) is 5.51. The minimum Gasteiger partial charge on any atom is -0.388 e. The molecule has 2 fully saturated rings. The van der Waals surface area contributed by atoms with Gasteiger partial charge in [-0.3, -0.25) is 0 Å². The molecule has 2 aliphatic rings. The summed E-state index contributed by atoms with van der Waals surface area (Å²) in [6.45, 7) is 7.31. The van der Waals surface area contributed by atoms with Crippen molar-refractivity contribution >= 4 is 0 Å². The standard InChI is InChI=1S/C22H32O9/c1-4-10-27-21-18(26)20(31-22-17(25)16(24)15(23)12(2)29-22)19(13(3)30-21)28-11-14-8-6-5-7-9-14/h4-9,12-13,15-26H,1,10-11H2,2-3H3/t12-,13-,15-,16+,17+,18+,19-,20-,21+,22-/m0/s1. The first-order valence-electron chi connectivity index (χ1n) is 10.4. The van der Waals surface area contributed by atoms with E-state index in [0.29, 0.717) is 0 Å². The van der Waals surface area contributed by atoms with Gasteiger partial charge < -0.3 is 44.1 Å². The largest absolute Gasteiger partial charge is 0.388 e. The molecule has 174 valence electrons. The normalized spacial score (nSPS) is 41.1. The van der Waals surface area contributed by atoms with Crippen molar-refractivity contribution in [3.63, 3.8) is 0 Å². The fraction of sp³-hybridized carbons (Fsp3) is 0.636. The van der Waals surface area contributed by atoms with Crippen molar-refractivity contribution in [2.75, 3.05) is 6.61 Å². The van der Waals surface area contributed by atoms with Gasteiger partial charge in [-0.05, 0) is 19.4 Å². The SMILES string of the molecule is C=CCO[C@@H]1O[C@@H](C)[C@H](OCc2ccccc2)[C@@H](O[C@@H]2O[C@@H](C)[C@H](O)[C@@H](O)[C@H]2O)[C@H]1O. The second-order valence-electron chi connectivity index (χ2n) is 7.87. The first-order valence-corrected chi connectivity index (χ1v) is 10.4. The van der Waals surface area contributed by atoms with E-state index in [1.807, 2.05) is 30.3 Å². The predicted octanol–water partition coefficient (Wildman–Crippen LogP) is 0.0928. The van der Waals surface area contributed by atoms with Crippen LogP contribution < -0.4 is 0 Å². The van der Waals surface area contributed by atoms with Gasteiger partial charge in [0.05, 0.1) is 25.4 Å². The summed E-state index contributed by atoms with van der Waals surface area (Å²) in [6, 6.07) is 9.49. The van der Waals surface area contributed by atoms with Crippen molar-refractivity contribution in [3.8, 4) is 0 Å². The number of rotatable bonds is 8. The lowest BCUT2D eigenvalue weighted by Crippen LogP contribution is -2.63. The quantitative estimate of drug-likeness (QED) is 0.416. The summed E-state index contributed by atoms with van der Waals surface area (Å²) in [6.07, 6.45) is -9.32. The van der Waals surface area contributed by atoms with E-state index in [1.54, 1.807) is 13.8 Å². The minimum atomic E-state index is -1.51. The topological polar surface area (TPSA) is 127 Å². The van der Waals surface area contributed by atoms with E-state index in [4.69, 9.17) is 23.7 Å². The van der Waals surface area contributed by atoms with Gasteiger partial charge in [0, 0.05) is 0 Å². The zero-order valence-electron chi connectivity index (χ0n) is 17.7. The van der Waals surface area contributed by atoms with Crippen LogP contribution >= 0.6 is 0 Å². The van der Waals surface area contributed by atoms with E-state index in [-0.39, 0.29) is 13.2 Å². The third-order valence-corrected chi connectivity index (χ3v) is 5.51. The molecule has 10 atom stereocenters. The van der Waals surface area contributed by atoms with Crippen molar-refractivity contribution in [3.05, 3.63) is 48.6 Å². The molecule has 2 saturated heterocycles. The Labute approximate surface area is 181 Å².